The van der Waals surface area contributed by atoms with Crippen LogP contribution in [0, 0.1) is 11.2 Å². The average Bonchev–Trinajstić information content (AvgIpc) is 2.71. The van der Waals surface area contributed by atoms with Crippen LogP contribution < -0.4 is 15.1 Å². The summed E-state index contributed by atoms with van der Waals surface area (Å²) in [5, 5.41) is 7.84. The van der Waals surface area contributed by atoms with Crippen molar-refractivity contribution >= 4 is 23.6 Å². The number of allylic oxidation sites excluding steroid dienone is 3. The van der Waals surface area contributed by atoms with Crippen LogP contribution in [-0.2, 0) is 0 Å². The van der Waals surface area contributed by atoms with Gasteiger partial charge in [0.05, 0.1) is 18.9 Å². The molecule has 2 aliphatic heterocycles. The van der Waals surface area contributed by atoms with E-state index in [0.717, 1.165) is 28.6 Å². The van der Waals surface area contributed by atoms with Crippen LogP contribution in [0.1, 0.15) is 11.1 Å². The lowest BCUT2D eigenvalue weighted by Gasteiger charge is -2.22. The molecule has 0 bridgehead atoms. The molecule has 6 heteroatoms. The molecule has 0 saturated carbocycles. The molecule has 28 heavy (non-hydrogen) atoms. The van der Waals surface area contributed by atoms with E-state index in [0.29, 0.717) is 16.8 Å². The molecule has 0 unspecified atom stereocenters. The molecule has 2 aromatic carbocycles. The van der Waals surface area contributed by atoms with E-state index in [1.165, 1.54) is 18.3 Å². The predicted octanol–water partition coefficient (Wildman–Crippen LogP) is 2.84. The quantitative estimate of drug-likeness (QED) is 0.625. The molecule has 3 N–H and O–H groups in total. The Morgan fingerprint density at radius 2 is 1.96 bits per heavy atom. The van der Waals surface area contributed by atoms with Crippen molar-refractivity contribution in [2.75, 3.05) is 7.11 Å². The molecule has 2 aliphatic rings. The molecule has 0 spiro atoms. The first-order valence-corrected chi connectivity index (χ1v) is 8.66. The number of nitrogens with zero attached hydrogens (tertiary/aromatic N) is 2. The summed E-state index contributed by atoms with van der Waals surface area (Å²) in [4.78, 5) is 1.95. The number of ether oxygens (including phenoxy) is 1. The van der Waals surface area contributed by atoms with E-state index in [1.807, 2.05) is 47.5 Å². The maximum Gasteiger partial charge on any atom is 0.331 e. The van der Waals surface area contributed by atoms with E-state index in [9.17, 15) is 4.39 Å². The summed E-state index contributed by atoms with van der Waals surface area (Å²) in [5.41, 5.74) is 9.60. The number of methoxy groups -OCH3 is 1. The normalized spacial score (nSPS) is 15.5. The lowest BCUT2D eigenvalue weighted by Crippen LogP contribution is -2.45. The van der Waals surface area contributed by atoms with Gasteiger partial charge in [-0.3, -0.25) is 0 Å². The number of hydrogen-bond donors (Lipinski definition) is 2. The molecule has 0 saturated heterocycles. The van der Waals surface area contributed by atoms with E-state index in [-0.39, 0.29) is 5.82 Å². The van der Waals surface area contributed by atoms with Gasteiger partial charge in [0.2, 0.25) is 0 Å². The van der Waals surface area contributed by atoms with Gasteiger partial charge in [-0.15, -0.1) is 0 Å². The summed E-state index contributed by atoms with van der Waals surface area (Å²) in [6.45, 7) is 0. The zero-order chi connectivity index (χ0) is 19.7. The molecular weight excluding hydrogens is 355 g/mol. The van der Waals surface area contributed by atoms with Crippen molar-refractivity contribution in [1.29, 1.82) is 5.41 Å². The highest BCUT2D eigenvalue weighted by molar-refractivity contribution is 6.21. The van der Waals surface area contributed by atoms with Crippen molar-refractivity contribution in [2.45, 2.75) is 0 Å². The summed E-state index contributed by atoms with van der Waals surface area (Å²) < 4.78 is 23.0. The van der Waals surface area contributed by atoms with E-state index in [2.05, 4.69) is 4.67 Å². The molecule has 0 radical (unpaired) electrons. The second-order valence-electron chi connectivity index (χ2n) is 6.29. The van der Waals surface area contributed by atoms with E-state index in [1.54, 1.807) is 19.2 Å². The van der Waals surface area contributed by atoms with Crippen LogP contribution in [0.2, 0.25) is 0 Å². The SMILES string of the molecule is COc1cccc(C2=[N+]=C3C=CC(C(C=N)=C(N)c4ccc(F)cc4)=CN32)c1. The fourth-order valence-corrected chi connectivity index (χ4v) is 3.10. The van der Waals surface area contributed by atoms with Crippen molar-refractivity contribution in [2.24, 2.45) is 5.73 Å². The van der Waals surface area contributed by atoms with Gasteiger partial charge in [-0.1, -0.05) is 6.07 Å². The number of fused-ring (bicyclic) bond motifs is 1. The summed E-state index contributed by atoms with van der Waals surface area (Å²) in [6.07, 6.45) is 6.85. The summed E-state index contributed by atoms with van der Waals surface area (Å²) in [5.74, 6) is 2.03. The minimum absolute atomic E-state index is 0.330. The Balaban J connectivity index is 1.69. The predicted molar refractivity (Wildman–Crippen MR) is 110 cm³/mol. The summed E-state index contributed by atoms with van der Waals surface area (Å²) in [6, 6.07) is 13.6. The maximum atomic E-state index is 13.2. The van der Waals surface area contributed by atoms with Gasteiger partial charge in [0.1, 0.15) is 11.6 Å². The van der Waals surface area contributed by atoms with Crippen LogP contribution in [0.3, 0.4) is 0 Å². The standard InChI is InChI=1S/C22H18FN4O/c1-28-18-4-2-3-15(11-18)22-26-20-10-7-16(13-27(20)22)19(12-24)21(25)14-5-8-17(23)9-6-14/h2-13,24H,25H2,1H3/q+1. The molecule has 2 heterocycles. The maximum absolute atomic E-state index is 13.2. The zero-order valence-corrected chi connectivity index (χ0v) is 15.2. The van der Waals surface area contributed by atoms with Crippen LogP contribution in [0.4, 0.5) is 4.39 Å². The molecule has 2 aromatic rings. The molecule has 0 amide bonds. The molecule has 0 aliphatic carbocycles. The number of amidine groups is 2. The number of rotatable bonds is 5. The lowest BCUT2D eigenvalue weighted by atomic mass is 9.98. The fourth-order valence-electron chi connectivity index (χ4n) is 3.10. The lowest BCUT2D eigenvalue weighted by molar-refractivity contribution is 0.414. The van der Waals surface area contributed by atoms with E-state index in [4.69, 9.17) is 15.9 Å². The molecule has 0 fully saturated rings. The van der Waals surface area contributed by atoms with Crippen molar-refractivity contribution in [3.05, 3.63) is 95.0 Å². The third kappa shape index (κ3) is 3.02. The number of benzene rings is 2. The van der Waals surface area contributed by atoms with Crippen LogP contribution in [0.15, 0.2) is 78.0 Å². The van der Waals surface area contributed by atoms with Gasteiger partial charge in [-0.25, -0.2) is 9.06 Å². The third-order valence-corrected chi connectivity index (χ3v) is 4.60. The minimum atomic E-state index is -0.330. The second kappa shape index (κ2) is 7.02. The Bertz CT molecular complexity index is 1120. The molecule has 0 atom stereocenters. The highest BCUT2D eigenvalue weighted by Crippen LogP contribution is 2.25. The zero-order valence-electron chi connectivity index (χ0n) is 15.2. The average molecular weight is 373 g/mol. The van der Waals surface area contributed by atoms with Crippen LogP contribution >= 0.6 is 0 Å². The van der Waals surface area contributed by atoms with Gasteiger partial charge in [0.25, 0.3) is 0 Å². The Morgan fingerprint density at radius 3 is 2.68 bits per heavy atom. The minimum Gasteiger partial charge on any atom is -0.497 e. The Labute approximate surface area is 161 Å². The monoisotopic (exact) mass is 373 g/mol. The third-order valence-electron chi connectivity index (χ3n) is 4.60. The van der Waals surface area contributed by atoms with E-state index >= 15 is 0 Å². The second-order valence-corrected chi connectivity index (χ2v) is 6.29. The molecule has 138 valence electrons. The van der Waals surface area contributed by atoms with Crippen LogP contribution in [0.25, 0.3) is 5.70 Å². The van der Waals surface area contributed by atoms with Crippen molar-refractivity contribution in [1.82, 2.24) is 9.57 Å². The molecule has 0 aromatic heterocycles. The van der Waals surface area contributed by atoms with Gasteiger partial charge >= 0.3 is 11.7 Å². The Hall–Kier alpha value is -3.89. The number of hydrogen-bond acceptors (Lipinski definition) is 4. The first-order valence-electron chi connectivity index (χ1n) is 8.66. The van der Waals surface area contributed by atoms with Gasteiger partial charge in [0, 0.05) is 29.1 Å². The molecule has 5 nitrogen and oxygen atoms in total. The molecule has 4 rings (SSSR count). The number of nitrogens with one attached hydrogen (secondary N) is 1. The Kier molecular flexibility index (Phi) is 4.39. The van der Waals surface area contributed by atoms with Crippen LogP contribution in [-0.4, -0.2) is 29.9 Å². The highest BCUT2D eigenvalue weighted by Gasteiger charge is 2.35. The summed E-state index contributed by atoms with van der Waals surface area (Å²) >= 11 is 0. The van der Waals surface area contributed by atoms with Gasteiger partial charge < -0.3 is 15.9 Å². The van der Waals surface area contributed by atoms with Gasteiger partial charge in [-0.05, 0) is 54.1 Å². The van der Waals surface area contributed by atoms with Crippen molar-refractivity contribution in [3.8, 4) is 5.75 Å². The Morgan fingerprint density at radius 1 is 1.18 bits per heavy atom. The fraction of sp³-hybridized carbons (Fsp3) is 0.0455. The first-order chi connectivity index (χ1) is 13.6. The number of nitrogens with two attached hydrogens (primary N) is 1. The van der Waals surface area contributed by atoms with Crippen LogP contribution in [0.5, 0.6) is 5.75 Å². The van der Waals surface area contributed by atoms with Crippen molar-refractivity contribution < 1.29 is 9.13 Å². The van der Waals surface area contributed by atoms with Crippen molar-refractivity contribution in [3.63, 3.8) is 0 Å². The van der Waals surface area contributed by atoms with Gasteiger partial charge in [-0.2, -0.15) is 4.90 Å². The summed E-state index contributed by atoms with van der Waals surface area (Å²) in [7, 11) is 1.63. The first kappa shape index (κ1) is 17.5. The molecular formula is C22H18FN4O+. The van der Waals surface area contributed by atoms with E-state index < -0.39 is 0 Å². The topological polar surface area (TPSA) is 76.4 Å². The number of halogens is 1. The smallest absolute Gasteiger partial charge is 0.331 e. The highest BCUT2D eigenvalue weighted by atomic mass is 19.1. The largest absolute Gasteiger partial charge is 0.497 e. The van der Waals surface area contributed by atoms with Gasteiger partial charge in [0.15, 0.2) is 0 Å².